The predicted octanol–water partition coefficient (Wildman–Crippen LogP) is -0.154. The fourth-order valence-corrected chi connectivity index (χ4v) is 3.62. The summed E-state index contributed by atoms with van der Waals surface area (Å²) >= 11 is 1.36. The molecule has 1 aliphatic heterocycles. The number of nitrogens with zero attached hydrogens (tertiary/aromatic N) is 1. The van der Waals surface area contributed by atoms with Crippen LogP contribution in [0.2, 0.25) is 0 Å². The number of aromatic nitrogens is 2. The first-order valence-corrected chi connectivity index (χ1v) is 7.29. The molecule has 6 nitrogen and oxygen atoms in total. The molecule has 2 rings (SSSR count). The van der Waals surface area contributed by atoms with Crippen LogP contribution in [0.3, 0.4) is 0 Å². The number of aliphatic hydroxyl groups is 2. The summed E-state index contributed by atoms with van der Waals surface area (Å²) in [5.41, 5.74) is -0.233. The van der Waals surface area contributed by atoms with E-state index >= 15 is 0 Å². The predicted molar refractivity (Wildman–Crippen MR) is 73.4 cm³/mol. The van der Waals surface area contributed by atoms with Gasteiger partial charge in [-0.25, -0.2) is 4.79 Å². The topological polar surface area (TPSA) is 95.3 Å². The zero-order chi connectivity index (χ0) is 14.0. The Morgan fingerprint density at radius 1 is 1.53 bits per heavy atom. The third-order valence-corrected chi connectivity index (χ3v) is 4.80. The van der Waals surface area contributed by atoms with Gasteiger partial charge in [0.25, 0.3) is 5.56 Å². The zero-order valence-electron chi connectivity index (χ0n) is 10.7. The second-order valence-corrected chi connectivity index (χ2v) is 6.11. The van der Waals surface area contributed by atoms with E-state index in [-0.39, 0.29) is 22.8 Å². The minimum absolute atomic E-state index is 0.123. The van der Waals surface area contributed by atoms with Gasteiger partial charge in [0.2, 0.25) is 0 Å². The van der Waals surface area contributed by atoms with E-state index in [1.165, 1.54) is 16.3 Å². The first kappa shape index (κ1) is 14.4. The van der Waals surface area contributed by atoms with Gasteiger partial charge in [0.15, 0.2) is 0 Å². The highest BCUT2D eigenvalue weighted by Gasteiger charge is 2.34. The molecular formula is C12H18N2O4S. The number of hydrogen-bond donors (Lipinski definition) is 3. The van der Waals surface area contributed by atoms with Crippen molar-refractivity contribution in [1.29, 1.82) is 0 Å². The number of aryl methyl sites for hydroxylation is 1. The molecule has 1 aliphatic rings. The fourth-order valence-electron chi connectivity index (χ4n) is 2.24. The molecule has 0 aromatic carbocycles. The Labute approximate surface area is 114 Å². The summed E-state index contributed by atoms with van der Waals surface area (Å²) < 4.78 is 1.45. The molecule has 0 saturated carbocycles. The molecule has 19 heavy (non-hydrogen) atoms. The van der Waals surface area contributed by atoms with Crippen LogP contribution in [-0.2, 0) is 6.42 Å². The third-order valence-electron chi connectivity index (χ3n) is 3.26. The summed E-state index contributed by atoms with van der Waals surface area (Å²) in [5, 5.41) is 18.4. The van der Waals surface area contributed by atoms with E-state index in [1.807, 2.05) is 6.92 Å². The minimum atomic E-state index is -0.631. The van der Waals surface area contributed by atoms with Gasteiger partial charge in [-0.15, -0.1) is 11.8 Å². The molecule has 3 atom stereocenters. The molecule has 7 heteroatoms. The van der Waals surface area contributed by atoms with Gasteiger partial charge in [-0.05, 0) is 6.42 Å². The summed E-state index contributed by atoms with van der Waals surface area (Å²) in [5.74, 6) is 0. The Morgan fingerprint density at radius 2 is 2.26 bits per heavy atom. The van der Waals surface area contributed by atoms with Gasteiger partial charge in [0.1, 0.15) is 0 Å². The van der Waals surface area contributed by atoms with Crippen molar-refractivity contribution in [2.24, 2.45) is 0 Å². The van der Waals surface area contributed by atoms with E-state index in [0.717, 1.165) is 6.42 Å². The van der Waals surface area contributed by atoms with Crippen molar-refractivity contribution in [3.8, 4) is 0 Å². The number of H-pyrrole nitrogens is 1. The molecule has 0 aliphatic carbocycles. The van der Waals surface area contributed by atoms with Crippen LogP contribution in [0, 0.1) is 0 Å². The molecule has 106 valence electrons. The van der Waals surface area contributed by atoms with E-state index in [9.17, 15) is 14.7 Å². The summed E-state index contributed by atoms with van der Waals surface area (Å²) in [6.45, 7) is 1.84. The number of rotatable bonds is 4. The van der Waals surface area contributed by atoms with Crippen LogP contribution in [0.25, 0.3) is 0 Å². The Morgan fingerprint density at radius 3 is 2.84 bits per heavy atom. The smallest absolute Gasteiger partial charge is 0.329 e. The van der Waals surface area contributed by atoms with Gasteiger partial charge in [-0.3, -0.25) is 14.3 Å². The minimum Gasteiger partial charge on any atom is -0.395 e. The normalized spacial score (nSPS) is 26.8. The number of aliphatic hydroxyl groups excluding tert-OH is 2. The van der Waals surface area contributed by atoms with E-state index in [4.69, 9.17) is 5.11 Å². The van der Waals surface area contributed by atoms with E-state index < -0.39 is 11.8 Å². The number of hydrogen-bond acceptors (Lipinski definition) is 5. The second kappa shape index (κ2) is 5.94. The van der Waals surface area contributed by atoms with Crippen molar-refractivity contribution in [2.75, 3.05) is 6.61 Å². The lowest BCUT2D eigenvalue weighted by atomic mass is 10.2. The zero-order valence-corrected chi connectivity index (χ0v) is 11.5. The summed E-state index contributed by atoms with van der Waals surface area (Å²) in [4.78, 5) is 25.8. The monoisotopic (exact) mass is 286 g/mol. The Hall–Kier alpha value is -1.05. The van der Waals surface area contributed by atoms with Crippen LogP contribution in [0.5, 0.6) is 0 Å². The van der Waals surface area contributed by atoms with Gasteiger partial charge >= 0.3 is 5.69 Å². The standard InChI is InChI=1S/C12H18N2O4S/c1-2-3-7-5-14(12(18)13-11(7)17)10-4-8(16)9(6-15)19-10/h5,8-10,15-16H,2-4,6H2,1H3,(H,13,17,18)/t8-,9+,10+/m0/s1. The van der Waals surface area contributed by atoms with Crippen LogP contribution in [-0.4, -0.2) is 37.7 Å². The molecule has 1 saturated heterocycles. The molecule has 0 unspecified atom stereocenters. The van der Waals surface area contributed by atoms with Crippen molar-refractivity contribution in [3.63, 3.8) is 0 Å². The third kappa shape index (κ3) is 2.93. The van der Waals surface area contributed by atoms with Gasteiger partial charge < -0.3 is 10.2 Å². The highest BCUT2D eigenvalue weighted by Crippen LogP contribution is 2.40. The number of thioether (sulfide) groups is 1. The highest BCUT2D eigenvalue weighted by molar-refractivity contribution is 8.00. The van der Waals surface area contributed by atoms with E-state index in [1.54, 1.807) is 6.20 Å². The Balaban J connectivity index is 2.33. The maximum absolute atomic E-state index is 11.8. The number of aromatic amines is 1. The molecule has 0 spiro atoms. The maximum atomic E-state index is 11.8. The number of nitrogens with one attached hydrogen (secondary N) is 1. The van der Waals surface area contributed by atoms with Crippen molar-refractivity contribution in [1.82, 2.24) is 9.55 Å². The van der Waals surface area contributed by atoms with Crippen LogP contribution >= 0.6 is 11.8 Å². The van der Waals surface area contributed by atoms with Crippen molar-refractivity contribution < 1.29 is 10.2 Å². The summed E-state index contributed by atoms with van der Waals surface area (Å²) in [7, 11) is 0. The lowest BCUT2D eigenvalue weighted by Gasteiger charge is -2.13. The molecule has 1 fully saturated rings. The first-order chi connectivity index (χ1) is 9.06. The van der Waals surface area contributed by atoms with Crippen LogP contribution in [0.15, 0.2) is 15.8 Å². The van der Waals surface area contributed by atoms with E-state index in [0.29, 0.717) is 18.4 Å². The van der Waals surface area contributed by atoms with Crippen LogP contribution in [0.4, 0.5) is 0 Å². The largest absolute Gasteiger partial charge is 0.395 e. The van der Waals surface area contributed by atoms with Crippen molar-refractivity contribution in [3.05, 3.63) is 32.6 Å². The SMILES string of the molecule is CCCc1cn([C@H]2C[C@H](O)[C@@H](CO)S2)c(=O)[nH]c1=O. The molecule has 0 bridgehead atoms. The lowest BCUT2D eigenvalue weighted by molar-refractivity contribution is 0.137. The lowest BCUT2D eigenvalue weighted by Crippen LogP contribution is -2.33. The summed E-state index contributed by atoms with van der Waals surface area (Å²) in [6, 6.07) is 0. The maximum Gasteiger partial charge on any atom is 0.329 e. The fraction of sp³-hybridized carbons (Fsp3) is 0.667. The Kier molecular flexibility index (Phi) is 4.49. The average molecular weight is 286 g/mol. The quantitative estimate of drug-likeness (QED) is 0.715. The molecule has 3 N–H and O–H groups in total. The van der Waals surface area contributed by atoms with Crippen molar-refractivity contribution >= 4 is 11.8 Å². The Bertz CT molecular complexity index is 553. The van der Waals surface area contributed by atoms with Crippen LogP contribution < -0.4 is 11.2 Å². The van der Waals surface area contributed by atoms with Crippen molar-refractivity contribution in [2.45, 2.75) is 42.9 Å². The highest BCUT2D eigenvalue weighted by atomic mass is 32.2. The van der Waals surface area contributed by atoms with Gasteiger partial charge in [-0.1, -0.05) is 13.3 Å². The molecule has 1 aromatic rings. The molecule has 0 amide bonds. The van der Waals surface area contributed by atoms with Gasteiger partial charge in [0, 0.05) is 18.2 Å². The van der Waals surface area contributed by atoms with Gasteiger partial charge in [-0.2, -0.15) is 0 Å². The van der Waals surface area contributed by atoms with Crippen LogP contribution in [0.1, 0.15) is 30.7 Å². The van der Waals surface area contributed by atoms with Gasteiger partial charge in [0.05, 0.1) is 23.3 Å². The molecule has 2 heterocycles. The van der Waals surface area contributed by atoms with E-state index in [2.05, 4.69) is 4.98 Å². The molecular weight excluding hydrogens is 268 g/mol. The molecule has 1 aromatic heterocycles. The average Bonchev–Trinajstić information content (AvgIpc) is 2.74. The summed E-state index contributed by atoms with van der Waals surface area (Å²) in [6.07, 6.45) is 2.77. The first-order valence-electron chi connectivity index (χ1n) is 6.35. The molecule has 0 radical (unpaired) electrons. The second-order valence-electron chi connectivity index (χ2n) is 4.69.